The average molecular weight is 481 g/mol. The van der Waals surface area contributed by atoms with E-state index in [-0.39, 0.29) is 6.04 Å². The van der Waals surface area contributed by atoms with Crippen LogP contribution in [-0.2, 0) is 0 Å². The van der Waals surface area contributed by atoms with E-state index < -0.39 is 5.67 Å². The summed E-state index contributed by atoms with van der Waals surface area (Å²) >= 11 is 0. The van der Waals surface area contributed by atoms with Crippen LogP contribution in [0.25, 0.3) is 16.8 Å². The Hall–Kier alpha value is -2.37. The number of hydrogen-bond donors (Lipinski definition) is 3. The molecule has 4 N–H and O–H groups in total. The molecule has 2 aromatic rings. The third kappa shape index (κ3) is 9.65. The van der Waals surface area contributed by atoms with Crippen LogP contribution >= 0.6 is 0 Å². The highest BCUT2D eigenvalue weighted by molar-refractivity contribution is 5.70. The van der Waals surface area contributed by atoms with Crippen molar-refractivity contribution in [3.8, 4) is 11.1 Å². The second-order valence-corrected chi connectivity index (χ2v) is 10.9. The number of piperidine rings is 1. The van der Waals surface area contributed by atoms with Gasteiger partial charge in [-0.3, -0.25) is 0 Å². The maximum atomic E-state index is 13.9. The van der Waals surface area contributed by atoms with Crippen molar-refractivity contribution in [2.75, 3.05) is 38.0 Å². The first kappa shape index (κ1) is 27.2. The highest BCUT2D eigenvalue weighted by atomic mass is 19.1. The lowest BCUT2D eigenvalue weighted by atomic mass is 9.95. The summed E-state index contributed by atoms with van der Waals surface area (Å²) in [6.45, 7) is 14.0. The second kappa shape index (κ2) is 13.1. The van der Waals surface area contributed by atoms with Crippen LogP contribution in [0.3, 0.4) is 0 Å². The Morgan fingerprint density at radius 1 is 1.06 bits per heavy atom. The lowest BCUT2D eigenvalue weighted by Crippen LogP contribution is -2.42. The molecule has 3 rings (SSSR count). The average Bonchev–Trinajstić information content (AvgIpc) is 2.82. The molecule has 0 radical (unpaired) electrons. The molecule has 1 unspecified atom stereocenters. The largest absolute Gasteiger partial charge is 0.385 e. The van der Waals surface area contributed by atoms with Gasteiger partial charge in [-0.2, -0.15) is 0 Å². The number of nitrogens with two attached hydrogens (primary N) is 1. The summed E-state index contributed by atoms with van der Waals surface area (Å²) < 4.78 is 13.9. The Kier molecular flexibility index (Phi) is 10.2. The van der Waals surface area contributed by atoms with Gasteiger partial charge in [-0.05, 0) is 94.3 Å². The summed E-state index contributed by atoms with van der Waals surface area (Å²) in [4.78, 5) is 2.26. The van der Waals surface area contributed by atoms with E-state index in [1.165, 1.54) is 11.1 Å². The summed E-state index contributed by atoms with van der Waals surface area (Å²) in [5.41, 5.74) is 10.4. The van der Waals surface area contributed by atoms with Gasteiger partial charge in [-0.15, -0.1) is 0 Å². The minimum absolute atomic E-state index is 0.279. The Morgan fingerprint density at radius 2 is 1.66 bits per heavy atom. The molecule has 1 atom stereocenters. The number of hydrogen-bond acceptors (Lipinski definition) is 4. The third-order valence-corrected chi connectivity index (χ3v) is 6.78. The standard InChI is InChI=1S/C30H45FN4/c1-23(32)7-5-6-18-33-24(2)26-8-10-27(11-9-26)28-12-14-29(15-13-28)34-21-25-16-19-35(20-17-25)22-30(3,4)31/h8-15,23,25,33-34H,2,5-7,16-22,32H2,1,3-4H3. The first-order valence-corrected chi connectivity index (χ1v) is 13.2. The van der Waals surface area contributed by atoms with Crippen molar-refractivity contribution in [3.05, 3.63) is 60.7 Å². The maximum Gasteiger partial charge on any atom is 0.118 e. The molecule has 0 bridgehead atoms. The van der Waals surface area contributed by atoms with Crippen molar-refractivity contribution >= 4 is 11.4 Å². The quantitative estimate of drug-likeness (QED) is 0.294. The SMILES string of the molecule is C=C(NCCCCC(C)N)c1ccc(-c2ccc(NCC3CCN(CC(C)(C)F)CC3)cc2)cc1. The molecule has 1 heterocycles. The van der Waals surface area contributed by atoms with Gasteiger partial charge in [-0.1, -0.05) is 49.4 Å². The van der Waals surface area contributed by atoms with Gasteiger partial charge in [0.05, 0.1) is 0 Å². The van der Waals surface area contributed by atoms with Crippen LogP contribution in [0.1, 0.15) is 58.4 Å². The molecule has 35 heavy (non-hydrogen) atoms. The molecule has 1 fully saturated rings. The molecule has 0 spiro atoms. The zero-order valence-electron chi connectivity index (χ0n) is 22.0. The Balaban J connectivity index is 1.41. The highest BCUT2D eigenvalue weighted by Crippen LogP contribution is 2.25. The van der Waals surface area contributed by atoms with Crippen LogP contribution in [-0.4, -0.2) is 49.3 Å². The molecule has 1 aliphatic rings. The zero-order chi connectivity index (χ0) is 25.3. The lowest BCUT2D eigenvalue weighted by Gasteiger charge is -2.34. The van der Waals surface area contributed by atoms with Crippen molar-refractivity contribution in [3.63, 3.8) is 0 Å². The van der Waals surface area contributed by atoms with E-state index in [4.69, 9.17) is 5.73 Å². The summed E-state index contributed by atoms with van der Waals surface area (Å²) in [5.74, 6) is 0.645. The molecule has 0 saturated carbocycles. The van der Waals surface area contributed by atoms with Crippen LogP contribution in [0.5, 0.6) is 0 Å². The van der Waals surface area contributed by atoms with Crippen LogP contribution in [0.15, 0.2) is 55.1 Å². The fourth-order valence-electron chi connectivity index (χ4n) is 4.72. The fraction of sp³-hybridized carbons (Fsp3) is 0.533. The molecule has 1 aliphatic heterocycles. The van der Waals surface area contributed by atoms with Crippen molar-refractivity contribution in [1.82, 2.24) is 10.2 Å². The molecule has 2 aromatic carbocycles. The lowest BCUT2D eigenvalue weighted by molar-refractivity contribution is 0.0977. The molecular formula is C30H45FN4. The smallest absolute Gasteiger partial charge is 0.118 e. The summed E-state index contributed by atoms with van der Waals surface area (Å²) in [7, 11) is 0. The summed E-state index contributed by atoms with van der Waals surface area (Å²) in [6, 6.07) is 17.5. The Morgan fingerprint density at radius 3 is 2.23 bits per heavy atom. The number of nitrogens with zero attached hydrogens (tertiary/aromatic N) is 1. The van der Waals surface area contributed by atoms with Crippen LogP contribution in [0.4, 0.5) is 10.1 Å². The maximum absolute atomic E-state index is 13.9. The number of halogens is 1. The van der Waals surface area contributed by atoms with E-state index >= 15 is 0 Å². The number of nitrogens with one attached hydrogen (secondary N) is 2. The predicted octanol–water partition coefficient (Wildman–Crippen LogP) is 6.30. The first-order valence-electron chi connectivity index (χ1n) is 13.2. The van der Waals surface area contributed by atoms with Gasteiger partial charge in [0, 0.05) is 37.1 Å². The van der Waals surface area contributed by atoms with E-state index in [9.17, 15) is 4.39 Å². The zero-order valence-corrected chi connectivity index (χ0v) is 22.0. The molecule has 5 heteroatoms. The number of alkyl halides is 1. The van der Waals surface area contributed by atoms with E-state index in [0.29, 0.717) is 12.5 Å². The van der Waals surface area contributed by atoms with Crippen LogP contribution < -0.4 is 16.4 Å². The van der Waals surface area contributed by atoms with Crippen molar-refractivity contribution in [2.45, 2.75) is 64.6 Å². The molecule has 0 aromatic heterocycles. The Labute approximate surface area is 212 Å². The molecule has 192 valence electrons. The van der Waals surface area contributed by atoms with Gasteiger partial charge >= 0.3 is 0 Å². The van der Waals surface area contributed by atoms with Gasteiger partial charge in [0.15, 0.2) is 0 Å². The van der Waals surface area contributed by atoms with Crippen molar-refractivity contribution in [1.29, 1.82) is 0 Å². The van der Waals surface area contributed by atoms with E-state index in [1.807, 2.05) is 0 Å². The summed E-state index contributed by atoms with van der Waals surface area (Å²) in [6.07, 6.45) is 5.56. The predicted molar refractivity (Wildman–Crippen MR) is 149 cm³/mol. The van der Waals surface area contributed by atoms with Crippen molar-refractivity contribution in [2.24, 2.45) is 11.7 Å². The van der Waals surface area contributed by atoms with Crippen LogP contribution in [0.2, 0.25) is 0 Å². The number of rotatable bonds is 13. The van der Waals surface area contributed by atoms with E-state index in [0.717, 1.165) is 75.2 Å². The molecule has 0 aliphatic carbocycles. The monoisotopic (exact) mass is 480 g/mol. The van der Waals surface area contributed by atoms with Gasteiger partial charge in [0.25, 0.3) is 0 Å². The number of unbranched alkanes of at least 4 members (excludes halogenated alkanes) is 1. The normalized spacial score (nSPS) is 16.1. The number of benzene rings is 2. The summed E-state index contributed by atoms with van der Waals surface area (Å²) in [5, 5.41) is 7.03. The fourth-order valence-corrected chi connectivity index (χ4v) is 4.72. The molecular weight excluding hydrogens is 435 g/mol. The number of likely N-dealkylation sites (tertiary alicyclic amines) is 1. The first-order chi connectivity index (χ1) is 16.7. The van der Waals surface area contributed by atoms with Gasteiger partial charge in [-0.25, -0.2) is 4.39 Å². The minimum Gasteiger partial charge on any atom is -0.385 e. The van der Waals surface area contributed by atoms with Crippen LogP contribution in [0, 0.1) is 5.92 Å². The van der Waals surface area contributed by atoms with E-state index in [1.54, 1.807) is 13.8 Å². The minimum atomic E-state index is -1.11. The third-order valence-electron chi connectivity index (χ3n) is 6.78. The topological polar surface area (TPSA) is 53.3 Å². The molecule has 0 amide bonds. The second-order valence-electron chi connectivity index (χ2n) is 10.9. The molecule has 4 nitrogen and oxygen atoms in total. The highest BCUT2D eigenvalue weighted by Gasteiger charge is 2.25. The van der Waals surface area contributed by atoms with Gasteiger partial charge < -0.3 is 21.3 Å². The van der Waals surface area contributed by atoms with E-state index in [2.05, 4.69) is 77.6 Å². The Bertz CT molecular complexity index is 891. The van der Waals surface area contributed by atoms with Crippen molar-refractivity contribution < 1.29 is 4.39 Å². The number of anilines is 1. The molecule has 1 saturated heterocycles. The van der Waals surface area contributed by atoms with Gasteiger partial charge in [0.1, 0.15) is 5.67 Å². The van der Waals surface area contributed by atoms with Gasteiger partial charge in [0.2, 0.25) is 0 Å².